The molecule has 0 spiro atoms. The van der Waals surface area contributed by atoms with Gasteiger partial charge in [-0.25, -0.2) is 0 Å². The fraction of sp³-hybridized carbons (Fsp3) is 0.875. The standard InChI is InChI=1S/C8H14BrNO2/c1-6(9)7(11)10-8(2)3-4-12-5-8/h6H,3-5H2,1-2H3,(H,10,11). The van der Waals surface area contributed by atoms with Gasteiger partial charge < -0.3 is 10.1 Å². The highest BCUT2D eigenvalue weighted by atomic mass is 79.9. The molecule has 1 aliphatic rings. The Morgan fingerprint density at radius 2 is 2.42 bits per heavy atom. The summed E-state index contributed by atoms with van der Waals surface area (Å²) < 4.78 is 5.21. The summed E-state index contributed by atoms with van der Waals surface area (Å²) in [7, 11) is 0. The van der Waals surface area contributed by atoms with E-state index in [0.29, 0.717) is 6.61 Å². The number of rotatable bonds is 2. The van der Waals surface area contributed by atoms with E-state index >= 15 is 0 Å². The zero-order valence-corrected chi connectivity index (χ0v) is 8.98. The SMILES string of the molecule is CC(Br)C(=O)NC1(C)CCOC1. The van der Waals surface area contributed by atoms with Crippen molar-refractivity contribution in [3.8, 4) is 0 Å². The molecule has 1 aliphatic heterocycles. The van der Waals surface area contributed by atoms with Crippen molar-refractivity contribution in [2.24, 2.45) is 0 Å². The molecule has 1 rings (SSSR count). The second-order valence-corrected chi connectivity index (χ2v) is 4.84. The highest BCUT2D eigenvalue weighted by Gasteiger charge is 2.31. The van der Waals surface area contributed by atoms with Crippen molar-refractivity contribution in [2.75, 3.05) is 13.2 Å². The van der Waals surface area contributed by atoms with Crippen molar-refractivity contribution >= 4 is 21.8 Å². The van der Waals surface area contributed by atoms with Crippen LogP contribution in [0.15, 0.2) is 0 Å². The lowest BCUT2D eigenvalue weighted by molar-refractivity contribution is -0.121. The second kappa shape index (κ2) is 3.75. The minimum absolute atomic E-state index is 0.0306. The van der Waals surface area contributed by atoms with Gasteiger partial charge in [-0.3, -0.25) is 4.79 Å². The van der Waals surface area contributed by atoms with E-state index in [1.807, 2.05) is 13.8 Å². The van der Waals surface area contributed by atoms with E-state index in [-0.39, 0.29) is 16.3 Å². The maximum absolute atomic E-state index is 11.3. The number of hydrogen-bond acceptors (Lipinski definition) is 2. The molecule has 3 nitrogen and oxygen atoms in total. The summed E-state index contributed by atoms with van der Waals surface area (Å²) in [5.74, 6) is 0.0306. The highest BCUT2D eigenvalue weighted by Crippen LogP contribution is 2.17. The molecule has 1 saturated heterocycles. The predicted molar refractivity (Wildman–Crippen MR) is 50.4 cm³/mol. The monoisotopic (exact) mass is 235 g/mol. The Labute approximate surface area is 81.0 Å². The Bertz CT molecular complexity index is 176. The maximum Gasteiger partial charge on any atom is 0.233 e. The van der Waals surface area contributed by atoms with Gasteiger partial charge in [-0.05, 0) is 20.3 Å². The molecule has 2 atom stereocenters. The van der Waals surface area contributed by atoms with Crippen LogP contribution in [-0.4, -0.2) is 29.5 Å². The molecule has 0 saturated carbocycles. The zero-order chi connectivity index (χ0) is 9.19. The average Bonchev–Trinajstić information content (AvgIpc) is 2.35. The molecule has 0 aromatic rings. The molecule has 1 fully saturated rings. The van der Waals surface area contributed by atoms with E-state index < -0.39 is 0 Å². The average molecular weight is 236 g/mol. The third-order valence-electron chi connectivity index (χ3n) is 2.01. The Morgan fingerprint density at radius 3 is 2.83 bits per heavy atom. The molecule has 0 aromatic heterocycles. The zero-order valence-electron chi connectivity index (χ0n) is 7.39. The van der Waals surface area contributed by atoms with Crippen LogP contribution < -0.4 is 5.32 Å². The van der Waals surface area contributed by atoms with Gasteiger partial charge in [0.25, 0.3) is 0 Å². The molecule has 2 unspecified atom stereocenters. The van der Waals surface area contributed by atoms with Gasteiger partial charge in [0.1, 0.15) is 0 Å². The molecule has 4 heteroatoms. The van der Waals surface area contributed by atoms with Gasteiger partial charge in [0.05, 0.1) is 17.0 Å². The molecular weight excluding hydrogens is 222 g/mol. The molecule has 0 aliphatic carbocycles. The lowest BCUT2D eigenvalue weighted by Crippen LogP contribution is -2.48. The van der Waals surface area contributed by atoms with E-state index in [1.165, 1.54) is 0 Å². The van der Waals surface area contributed by atoms with Crippen LogP contribution >= 0.6 is 15.9 Å². The second-order valence-electron chi connectivity index (χ2n) is 3.47. The first-order valence-corrected chi connectivity index (χ1v) is 4.99. The molecule has 1 N–H and O–H groups in total. The van der Waals surface area contributed by atoms with Gasteiger partial charge in [0, 0.05) is 6.61 Å². The molecule has 0 radical (unpaired) electrons. The lowest BCUT2D eigenvalue weighted by Gasteiger charge is -2.24. The van der Waals surface area contributed by atoms with Crippen LogP contribution in [-0.2, 0) is 9.53 Å². The van der Waals surface area contributed by atoms with E-state index in [0.717, 1.165) is 13.0 Å². The van der Waals surface area contributed by atoms with Crippen LogP contribution in [0.1, 0.15) is 20.3 Å². The Balaban J connectivity index is 2.44. The number of carbonyl (C=O) groups excluding carboxylic acids is 1. The number of hydrogen-bond donors (Lipinski definition) is 1. The van der Waals surface area contributed by atoms with E-state index in [4.69, 9.17) is 4.74 Å². The topological polar surface area (TPSA) is 38.3 Å². The smallest absolute Gasteiger partial charge is 0.233 e. The summed E-state index contributed by atoms with van der Waals surface area (Å²) in [6.07, 6.45) is 0.901. The van der Waals surface area contributed by atoms with Crippen LogP contribution in [0.25, 0.3) is 0 Å². The van der Waals surface area contributed by atoms with Crippen molar-refractivity contribution in [3.05, 3.63) is 0 Å². The normalized spacial score (nSPS) is 31.6. The summed E-state index contributed by atoms with van der Waals surface area (Å²) in [4.78, 5) is 11.2. The Hall–Kier alpha value is -0.0900. The minimum Gasteiger partial charge on any atom is -0.379 e. The number of halogens is 1. The van der Waals surface area contributed by atoms with Crippen LogP contribution in [0.3, 0.4) is 0 Å². The highest BCUT2D eigenvalue weighted by molar-refractivity contribution is 9.10. The Kier molecular flexibility index (Phi) is 3.12. The number of amides is 1. The van der Waals surface area contributed by atoms with E-state index in [2.05, 4.69) is 21.2 Å². The first kappa shape index (κ1) is 9.99. The molecule has 0 bridgehead atoms. The molecule has 12 heavy (non-hydrogen) atoms. The van der Waals surface area contributed by atoms with Gasteiger partial charge >= 0.3 is 0 Å². The molecule has 70 valence electrons. The fourth-order valence-corrected chi connectivity index (χ4v) is 1.28. The summed E-state index contributed by atoms with van der Waals surface area (Å²) >= 11 is 3.22. The van der Waals surface area contributed by atoms with Crippen molar-refractivity contribution in [1.29, 1.82) is 0 Å². The number of carbonyl (C=O) groups is 1. The number of ether oxygens (including phenoxy) is 1. The Morgan fingerprint density at radius 1 is 1.75 bits per heavy atom. The van der Waals surface area contributed by atoms with Gasteiger partial charge in [0.2, 0.25) is 5.91 Å². The lowest BCUT2D eigenvalue weighted by atomic mass is 10.0. The van der Waals surface area contributed by atoms with Gasteiger partial charge in [-0.15, -0.1) is 0 Å². The first-order chi connectivity index (χ1) is 5.53. The third-order valence-corrected chi connectivity index (χ3v) is 2.42. The van der Waals surface area contributed by atoms with Crippen molar-refractivity contribution in [1.82, 2.24) is 5.32 Å². The molecule has 0 aromatic carbocycles. The summed E-state index contributed by atoms with van der Waals surface area (Å²) in [6.45, 7) is 5.19. The van der Waals surface area contributed by atoms with E-state index in [1.54, 1.807) is 0 Å². The van der Waals surface area contributed by atoms with E-state index in [9.17, 15) is 4.79 Å². The number of alkyl halides is 1. The fourth-order valence-electron chi connectivity index (χ4n) is 1.16. The van der Waals surface area contributed by atoms with Crippen LogP contribution in [0.4, 0.5) is 0 Å². The van der Waals surface area contributed by atoms with Gasteiger partial charge in [-0.1, -0.05) is 15.9 Å². The van der Waals surface area contributed by atoms with Crippen molar-refractivity contribution in [3.63, 3.8) is 0 Å². The maximum atomic E-state index is 11.3. The quantitative estimate of drug-likeness (QED) is 0.728. The largest absolute Gasteiger partial charge is 0.379 e. The third kappa shape index (κ3) is 2.45. The van der Waals surface area contributed by atoms with Gasteiger partial charge in [0.15, 0.2) is 0 Å². The van der Waals surface area contributed by atoms with Crippen LogP contribution in [0, 0.1) is 0 Å². The number of nitrogens with one attached hydrogen (secondary N) is 1. The summed E-state index contributed by atoms with van der Waals surface area (Å²) in [6, 6.07) is 0. The summed E-state index contributed by atoms with van der Waals surface area (Å²) in [5, 5.41) is 2.94. The summed E-state index contributed by atoms with van der Waals surface area (Å²) in [5.41, 5.74) is -0.154. The van der Waals surface area contributed by atoms with Crippen molar-refractivity contribution in [2.45, 2.75) is 30.6 Å². The molecular formula is C8H14BrNO2. The van der Waals surface area contributed by atoms with Crippen LogP contribution in [0.2, 0.25) is 0 Å². The van der Waals surface area contributed by atoms with Gasteiger partial charge in [-0.2, -0.15) is 0 Å². The minimum atomic E-state index is -0.154. The van der Waals surface area contributed by atoms with Crippen LogP contribution in [0.5, 0.6) is 0 Å². The van der Waals surface area contributed by atoms with Crippen molar-refractivity contribution < 1.29 is 9.53 Å². The molecule has 1 heterocycles. The first-order valence-electron chi connectivity index (χ1n) is 4.07. The molecule has 1 amide bonds. The predicted octanol–water partition coefficient (Wildman–Crippen LogP) is 1.06.